The highest BCUT2D eigenvalue weighted by Crippen LogP contribution is 2.23. The van der Waals surface area contributed by atoms with Crippen molar-refractivity contribution in [2.24, 2.45) is 0 Å². The lowest BCUT2D eigenvalue weighted by molar-refractivity contribution is 0.102. The Kier molecular flexibility index (Phi) is 5.39. The van der Waals surface area contributed by atoms with Crippen LogP contribution in [0.3, 0.4) is 0 Å². The zero-order valence-corrected chi connectivity index (χ0v) is 12.6. The summed E-state index contributed by atoms with van der Waals surface area (Å²) in [7, 11) is -1.20. The number of Topliss-reactive ketones (excluding diaryl/α,β-unsaturated/α-hetero) is 1. The number of carbonyl (C=O) groups excluding carboxylic acids is 1. The van der Waals surface area contributed by atoms with Gasteiger partial charge >= 0.3 is 0 Å². The normalized spacial score (nSPS) is 20.4. The summed E-state index contributed by atoms with van der Waals surface area (Å²) in [5, 5.41) is 0.733. The molecule has 2 unspecified atom stereocenters. The largest absolute Gasteiger partial charge is 0.377 e. The van der Waals surface area contributed by atoms with Gasteiger partial charge in [0.05, 0.1) is 27.7 Å². The molecule has 1 aliphatic rings. The number of carbonyl (C=O) groups is 1. The zero-order valence-electron chi connectivity index (χ0n) is 10.2. The molecule has 104 valence electrons. The molecule has 1 fully saturated rings. The van der Waals surface area contributed by atoms with Crippen molar-refractivity contribution in [3.8, 4) is 0 Å². The van der Waals surface area contributed by atoms with E-state index in [-0.39, 0.29) is 17.6 Å². The van der Waals surface area contributed by atoms with Gasteiger partial charge in [-0.3, -0.25) is 9.00 Å². The first-order chi connectivity index (χ1) is 9.06. The van der Waals surface area contributed by atoms with Crippen molar-refractivity contribution < 1.29 is 13.7 Å². The van der Waals surface area contributed by atoms with Crippen molar-refractivity contribution >= 4 is 39.8 Å². The summed E-state index contributed by atoms with van der Waals surface area (Å²) in [6.45, 7) is 0.725. The van der Waals surface area contributed by atoms with Gasteiger partial charge in [0, 0.05) is 23.0 Å². The second-order valence-corrected chi connectivity index (χ2v) is 6.75. The molecule has 0 amide bonds. The van der Waals surface area contributed by atoms with E-state index in [1.807, 2.05) is 0 Å². The molecule has 6 heteroatoms. The number of rotatable bonds is 5. The maximum atomic E-state index is 12.0. The molecule has 0 aromatic heterocycles. The fraction of sp³-hybridized carbons (Fsp3) is 0.462. The van der Waals surface area contributed by atoms with E-state index in [0.717, 1.165) is 19.4 Å². The van der Waals surface area contributed by atoms with Gasteiger partial charge in [-0.2, -0.15) is 0 Å². The standard InChI is InChI=1S/C13H14Cl2O3S/c14-11-4-3-9(6-12(11)15)13(16)8-19(17)7-10-2-1-5-18-10/h3-4,6,10H,1-2,5,7-8H2. The van der Waals surface area contributed by atoms with Crippen molar-refractivity contribution in [2.75, 3.05) is 18.1 Å². The van der Waals surface area contributed by atoms with Crippen LogP contribution in [0.1, 0.15) is 23.2 Å². The van der Waals surface area contributed by atoms with E-state index in [0.29, 0.717) is 21.4 Å². The van der Waals surface area contributed by atoms with Crippen LogP contribution in [0.15, 0.2) is 18.2 Å². The van der Waals surface area contributed by atoms with E-state index in [2.05, 4.69) is 0 Å². The third kappa shape index (κ3) is 4.28. The molecule has 1 aliphatic heterocycles. The van der Waals surface area contributed by atoms with Gasteiger partial charge in [-0.25, -0.2) is 0 Å². The Hall–Kier alpha value is -0.420. The van der Waals surface area contributed by atoms with Crippen LogP contribution in [0, 0.1) is 0 Å². The molecule has 1 heterocycles. The van der Waals surface area contributed by atoms with Gasteiger partial charge in [0.2, 0.25) is 0 Å². The van der Waals surface area contributed by atoms with E-state index in [4.69, 9.17) is 27.9 Å². The smallest absolute Gasteiger partial charge is 0.175 e. The number of ether oxygens (including phenoxy) is 1. The third-order valence-corrected chi connectivity index (χ3v) is 5.00. The number of benzene rings is 1. The third-order valence-electron chi connectivity index (χ3n) is 2.93. The second kappa shape index (κ2) is 6.84. The van der Waals surface area contributed by atoms with Gasteiger partial charge in [-0.05, 0) is 31.0 Å². The molecule has 0 aliphatic carbocycles. The fourth-order valence-corrected chi connectivity index (χ4v) is 3.49. The van der Waals surface area contributed by atoms with Gasteiger partial charge in [0.15, 0.2) is 5.78 Å². The zero-order chi connectivity index (χ0) is 13.8. The van der Waals surface area contributed by atoms with Crippen molar-refractivity contribution in [1.82, 2.24) is 0 Å². The van der Waals surface area contributed by atoms with Crippen LogP contribution in [-0.4, -0.2) is 34.2 Å². The highest BCUT2D eigenvalue weighted by atomic mass is 35.5. The topological polar surface area (TPSA) is 43.4 Å². The van der Waals surface area contributed by atoms with Gasteiger partial charge in [0.25, 0.3) is 0 Å². The molecule has 3 nitrogen and oxygen atoms in total. The molecule has 0 bridgehead atoms. The van der Waals surface area contributed by atoms with Crippen LogP contribution in [0.5, 0.6) is 0 Å². The molecule has 19 heavy (non-hydrogen) atoms. The van der Waals surface area contributed by atoms with Crippen molar-refractivity contribution in [2.45, 2.75) is 18.9 Å². The number of halogens is 2. The van der Waals surface area contributed by atoms with Gasteiger partial charge in [0.1, 0.15) is 0 Å². The summed E-state index contributed by atoms with van der Waals surface area (Å²) in [4.78, 5) is 12.0. The predicted molar refractivity (Wildman–Crippen MR) is 77.6 cm³/mol. The van der Waals surface area contributed by atoms with Crippen LogP contribution in [0.4, 0.5) is 0 Å². The average molecular weight is 321 g/mol. The summed E-state index contributed by atoms with van der Waals surface area (Å²) in [5.74, 6) is 0.236. The van der Waals surface area contributed by atoms with Crippen molar-refractivity contribution in [3.05, 3.63) is 33.8 Å². The number of hydrogen-bond donors (Lipinski definition) is 0. The quantitative estimate of drug-likeness (QED) is 0.783. The molecule has 0 saturated carbocycles. The van der Waals surface area contributed by atoms with Crippen LogP contribution in [-0.2, 0) is 15.5 Å². The lowest BCUT2D eigenvalue weighted by Gasteiger charge is -2.08. The molecule has 2 rings (SSSR count). The molecule has 1 aromatic carbocycles. The summed E-state index contributed by atoms with van der Waals surface area (Å²) < 4.78 is 17.3. The minimum atomic E-state index is -1.20. The Morgan fingerprint density at radius 1 is 1.37 bits per heavy atom. The lowest BCUT2D eigenvalue weighted by Crippen LogP contribution is -2.21. The van der Waals surface area contributed by atoms with Gasteiger partial charge in [-0.1, -0.05) is 23.2 Å². The van der Waals surface area contributed by atoms with Crippen LogP contribution in [0.2, 0.25) is 10.0 Å². The predicted octanol–water partition coefficient (Wildman–Crippen LogP) is 3.10. The first-order valence-electron chi connectivity index (χ1n) is 6.01. The minimum absolute atomic E-state index is 0.00216. The Labute approximate surface area is 124 Å². The van der Waals surface area contributed by atoms with E-state index >= 15 is 0 Å². The second-order valence-electron chi connectivity index (χ2n) is 4.44. The van der Waals surface area contributed by atoms with Crippen LogP contribution >= 0.6 is 23.2 Å². The molecule has 1 aromatic rings. The highest BCUT2D eigenvalue weighted by Gasteiger charge is 2.20. The van der Waals surface area contributed by atoms with E-state index in [9.17, 15) is 9.00 Å². The summed E-state index contributed by atoms with van der Waals surface area (Å²) in [5.41, 5.74) is 0.440. The Balaban J connectivity index is 1.92. The fourth-order valence-electron chi connectivity index (χ4n) is 1.94. The molecule has 0 spiro atoms. The SMILES string of the molecule is O=C(CS(=O)CC1CCCO1)c1ccc(Cl)c(Cl)c1. The first kappa shape index (κ1) is 15.0. The van der Waals surface area contributed by atoms with E-state index in [1.165, 1.54) is 6.07 Å². The Morgan fingerprint density at radius 2 is 2.16 bits per heavy atom. The maximum Gasteiger partial charge on any atom is 0.175 e. The summed E-state index contributed by atoms with van der Waals surface area (Å²) in [6, 6.07) is 4.68. The van der Waals surface area contributed by atoms with Gasteiger partial charge < -0.3 is 4.74 Å². The minimum Gasteiger partial charge on any atom is -0.377 e. The molecule has 0 N–H and O–H groups in total. The monoisotopic (exact) mass is 320 g/mol. The van der Waals surface area contributed by atoms with Crippen molar-refractivity contribution in [1.29, 1.82) is 0 Å². The molecular weight excluding hydrogens is 307 g/mol. The van der Waals surface area contributed by atoms with E-state index < -0.39 is 10.8 Å². The van der Waals surface area contributed by atoms with E-state index in [1.54, 1.807) is 12.1 Å². The van der Waals surface area contributed by atoms with Crippen LogP contribution < -0.4 is 0 Å². The Bertz CT molecular complexity index is 499. The number of ketones is 1. The van der Waals surface area contributed by atoms with Gasteiger partial charge in [-0.15, -0.1) is 0 Å². The average Bonchev–Trinajstić information content (AvgIpc) is 2.85. The van der Waals surface area contributed by atoms with Crippen molar-refractivity contribution in [3.63, 3.8) is 0 Å². The number of hydrogen-bond acceptors (Lipinski definition) is 3. The first-order valence-corrected chi connectivity index (χ1v) is 8.25. The highest BCUT2D eigenvalue weighted by molar-refractivity contribution is 7.85. The molecule has 2 atom stereocenters. The molecule has 1 saturated heterocycles. The summed E-state index contributed by atoms with van der Waals surface area (Å²) >= 11 is 11.6. The molecular formula is C13H14Cl2O3S. The van der Waals surface area contributed by atoms with Crippen LogP contribution in [0.25, 0.3) is 0 Å². The lowest BCUT2D eigenvalue weighted by atomic mass is 10.1. The summed E-state index contributed by atoms with van der Waals surface area (Å²) in [6.07, 6.45) is 1.96. The maximum absolute atomic E-state index is 12.0. The molecule has 0 radical (unpaired) electrons. The Morgan fingerprint density at radius 3 is 2.79 bits per heavy atom.